The minimum atomic E-state index is 0.359. The van der Waals surface area contributed by atoms with Gasteiger partial charge in [0, 0.05) is 5.02 Å². The molecule has 1 unspecified atom stereocenters. The van der Waals surface area contributed by atoms with Crippen molar-refractivity contribution in [3.8, 4) is 16.9 Å². The van der Waals surface area contributed by atoms with Crippen molar-refractivity contribution in [2.45, 2.75) is 38.0 Å². The van der Waals surface area contributed by atoms with E-state index in [0.29, 0.717) is 35.2 Å². The Morgan fingerprint density at radius 1 is 0.964 bits per heavy atom. The maximum Gasteiger partial charge on any atom is 0.116 e. The lowest BCUT2D eigenvalue weighted by Crippen LogP contribution is -2.32. The van der Waals surface area contributed by atoms with E-state index in [1.54, 1.807) is 0 Å². The number of rotatable bonds is 2. The molecule has 144 valence electrons. The Labute approximate surface area is 171 Å². The average molecular weight is 393 g/mol. The molecule has 2 N–H and O–H groups in total. The molecule has 28 heavy (non-hydrogen) atoms. The number of phenols is 1. The summed E-state index contributed by atoms with van der Waals surface area (Å²) in [5, 5.41) is 21.0. The molecule has 0 radical (unpaired) electrons. The molecule has 0 aromatic heterocycles. The van der Waals surface area contributed by atoms with Crippen molar-refractivity contribution in [2.75, 3.05) is 0 Å². The van der Waals surface area contributed by atoms with Crippen LogP contribution in [0, 0.1) is 17.8 Å². The van der Waals surface area contributed by atoms with Gasteiger partial charge in [-0.15, -0.1) is 0 Å². The largest absolute Gasteiger partial charge is 0.508 e. The van der Waals surface area contributed by atoms with E-state index in [1.165, 1.54) is 30.4 Å². The molecule has 1 saturated carbocycles. The van der Waals surface area contributed by atoms with Gasteiger partial charge in [0.2, 0.25) is 0 Å². The van der Waals surface area contributed by atoms with Crippen LogP contribution in [0.1, 0.15) is 42.7 Å². The number of halogens is 1. The molecule has 1 fully saturated rings. The number of phenolic OH excluding ortho intramolecular Hbond substituents is 1. The Morgan fingerprint density at radius 2 is 1.79 bits per heavy atom. The molecule has 0 bridgehead atoms. The summed E-state index contributed by atoms with van der Waals surface area (Å²) in [5.74, 6) is 2.99. The Morgan fingerprint density at radius 3 is 2.54 bits per heavy atom. The third-order valence-electron chi connectivity index (χ3n) is 7.05. The third-order valence-corrected chi connectivity index (χ3v) is 7.30. The number of allylic oxidation sites excluding steroid dienone is 3. The molecule has 2 aromatic carbocycles. The first-order valence-electron chi connectivity index (χ1n) is 10.3. The molecule has 3 aliphatic rings. The van der Waals surface area contributed by atoms with Crippen molar-refractivity contribution >= 4 is 11.6 Å². The second-order valence-corrected chi connectivity index (χ2v) is 8.96. The Bertz CT molecular complexity index is 957. The number of aliphatic hydroxyl groups excluding tert-OH is 1. The van der Waals surface area contributed by atoms with Crippen LogP contribution in [-0.4, -0.2) is 10.2 Å². The number of benzene rings is 2. The molecular formula is C25H25ClO2. The van der Waals surface area contributed by atoms with Gasteiger partial charge in [-0.1, -0.05) is 36.2 Å². The van der Waals surface area contributed by atoms with Crippen LogP contribution in [0.15, 0.2) is 60.4 Å². The molecule has 0 spiro atoms. The summed E-state index contributed by atoms with van der Waals surface area (Å²) >= 11 is 6.10. The lowest BCUT2D eigenvalue weighted by atomic mass is 9.64. The van der Waals surface area contributed by atoms with Gasteiger partial charge in [-0.25, -0.2) is 0 Å². The highest BCUT2D eigenvalue weighted by atomic mass is 35.5. The van der Waals surface area contributed by atoms with Gasteiger partial charge in [0.05, 0.1) is 0 Å². The fourth-order valence-corrected chi connectivity index (χ4v) is 5.94. The van der Waals surface area contributed by atoms with Gasteiger partial charge in [-0.3, -0.25) is 0 Å². The van der Waals surface area contributed by atoms with Gasteiger partial charge in [0.1, 0.15) is 11.5 Å². The first-order chi connectivity index (χ1) is 13.6. The van der Waals surface area contributed by atoms with E-state index >= 15 is 0 Å². The highest BCUT2D eigenvalue weighted by Crippen LogP contribution is 2.54. The monoisotopic (exact) mass is 392 g/mol. The van der Waals surface area contributed by atoms with Crippen LogP contribution < -0.4 is 0 Å². The lowest BCUT2D eigenvalue weighted by molar-refractivity contribution is 0.223. The number of hydrogen-bond donors (Lipinski definition) is 2. The summed E-state index contributed by atoms with van der Waals surface area (Å²) in [6.07, 6.45) is 11.7. The molecule has 2 nitrogen and oxygen atoms in total. The van der Waals surface area contributed by atoms with E-state index in [1.807, 2.05) is 36.4 Å². The Hall–Kier alpha value is -2.19. The van der Waals surface area contributed by atoms with E-state index in [2.05, 4.69) is 18.2 Å². The summed E-state index contributed by atoms with van der Waals surface area (Å²) < 4.78 is 0. The lowest BCUT2D eigenvalue weighted by Gasteiger charge is -2.40. The van der Waals surface area contributed by atoms with Crippen molar-refractivity contribution in [3.05, 3.63) is 76.5 Å². The van der Waals surface area contributed by atoms with E-state index in [0.717, 1.165) is 29.0 Å². The minimum absolute atomic E-state index is 0.359. The molecule has 3 aliphatic carbocycles. The highest BCUT2D eigenvalue weighted by Gasteiger charge is 2.43. The van der Waals surface area contributed by atoms with Crippen LogP contribution in [0.3, 0.4) is 0 Å². The predicted molar refractivity (Wildman–Crippen MR) is 114 cm³/mol. The summed E-state index contributed by atoms with van der Waals surface area (Å²) in [6, 6.07) is 11.9. The normalized spacial score (nSPS) is 28.5. The first kappa shape index (κ1) is 17.9. The van der Waals surface area contributed by atoms with E-state index in [4.69, 9.17) is 11.6 Å². The van der Waals surface area contributed by atoms with E-state index in [-0.39, 0.29) is 0 Å². The van der Waals surface area contributed by atoms with E-state index in [9.17, 15) is 10.2 Å². The fourth-order valence-electron chi connectivity index (χ4n) is 5.81. The number of aliphatic hydroxyl groups is 1. The van der Waals surface area contributed by atoms with Crippen LogP contribution >= 0.6 is 11.6 Å². The van der Waals surface area contributed by atoms with Crippen molar-refractivity contribution in [1.29, 1.82) is 0 Å². The summed E-state index contributed by atoms with van der Waals surface area (Å²) in [7, 11) is 0. The number of hydrogen-bond acceptors (Lipinski definition) is 2. The zero-order chi connectivity index (χ0) is 19.3. The molecule has 0 aliphatic heterocycles. The molecule has 0 amide bonds. The second kappa shape index (κ2) is 7.00. The second-order valence-electron chi connectivity index (χ2n) is 8.52. The first-order valence-corrected chi connectivity index (χ1v) is 10.7. The van der Waals surface area contributed by atoms with Crippen LogP contribution in [0.5, 0.6) is 5.75 Å². The smallest absolute Gasteiger partial charge is 0.116 e. The average Bonchev–Trinajstić information content (AvgIpc) is 3.19. The van der Waals surface area contributed by atoms with Gasteiger partial charge < -0.3 is 10.2 Å². The van der Waals surface area contributed by atoms with Gasteiger partial charge in [0.25, 0.3) is 0 Å². The van der Waals surface area contributed by atoms with Crippen LogP contribution in [-0.2, 0) is 6.42 Å². The van der Waals surface area contributed by atoms with Crippen molar-refractivity contribution < 1.29 is 10.2 Å². The van der Waals surface area contributed by atoms with Crippen molar-refractivity contribution in [1.82, 2.24) is 0 Å². The molecule has 2 aromatic rings. The fraction of sp³-hybridized carbons (Fsp3) is 0.360. The van der Waals surface area contributed by atoms with Gasteiger partial charge >= 0.3 is 0 Å². The van der Waals surface area contributed by atoms with E-state index < -0.39 is 0 Å². The van der Waals surface area contributed by atoms with Crippen molar-refractivity contribution in [3.63, 3.8) is 0 Å². The third kappa shape index (κ3) is 3.04. The Kier molecular flexibility index (Phi) is 4.47. The van der Waals surface area contributed by atoms with Crippen LogP contribution in [0.4, 0.5) is 0 Å². The van der Waals surface area contributed by atoms with Crippen molar-refractivity contribution in [2.24, 2.45) is 17.8 Å². The molecule has 4 atom stereocenters. The predicted octanol–water partition coefficient (Wildman–Crippen LogP) is 6.79. The minimum Gasteiger partial charge on any atom is -0.508 e. The zero-order valence-electron chi connectivity index (χ0n) is 15.8. The topological polar surface area (TPSA) is 40.5 Å². The standard InChI is InChI=1S/C25H25ClO2/c26-17-8-4-15(5-9-17)22-12-19(28)13-24-21-3-1-2-20(21)23(14-25(22)24)16-6-10-18(27)11-7-16/h4-6,8-13,16,20-21,23,27-28H,1-3,7,14H2/t16?,20-,21+,23-/m0/s1. The molecule has 0 saturated heterocycles. The SMILES string of the molecule is OC1=CCC([C@@H]2Cc3c(-c4ccc(Cl)cc4)cc(O)cc3[C@@H]3CCC[C@@H]32)C=C1. The highest BCUT2D eigenvalue weighted by molar-refractivity contribution is 6.30. The van der Waals surface area contributed by atoms with Gasteiger partial charge in [0.15, 0.2) is 0 Å². The molecule has 5 rings (SSSR count). The number of fused-ring (bicyclic) bond motifs is 3. The Balaban J connectivity index is 1.60. The summed E-state index contributed by atoms with van der Waals surface area (Å²) in [5.41, 5.74) is 4.99. The molecule has 3 heteroatoms. The summed E-state index contributed by atoms with van der Waals surface area (Å²) in [4.78, 5) is 0. The molecule has 0 heterocycles. The maximum absolute atomic E-state index is 10.5. The van der Waals surface area contributed by atoms with Gasteiger partial charge in [-0.05, 0) is 108 Å². The van der Waals surface area contributed by atoms with Crippen LogP contribution in [0.25, 0.3) is 11.1 Å². The zero-order valence-corrected chi connectivity index (χ0v) is 16.6. The maximum atomic E-state index is 10.5. The van der Waals surface area contributed by atoms with Crippen LogP contribution in [0.2, 0.25) is 5.02 Å². The van der Waals surface area contributed by atoms with Gasteiger partial charge in [-0.2, -0.15) is 0 Å². The quantitative estimate of drug-likeness (QED) is 0.590. The molecular weight excluding hydrogens is 368 g/mol. The number of aromatic hydroxyl groups is 1. The summed E-state index contributed by atoms with van der Waals surface area (Å²) in [6.45, 7) is 0.